The average molecular weight is 251 g/mol. The third kappa shape index (κ3) is 4.86. The minimum Gasteiger partial charge on any atom is -0.352 e. The van der Waals surface area contributed by atoms with Crippen LogP contribution in [0, 0.1) is 18.7 Å². The van der Waals surface area contributed by atoms with Crippen molar-refractivity contribution in [2.45, 2.75) is 40.0 Å². The Balaban J connectivity index is 2.34. The van der Waals surface area contributed by atoms with E-state index in [1.165, 1.54) is 18.6 Å². The molecule has 100 valence electrons. The molecule has 0 fully saturated rings. The number of nitrogens with one attached hydrogen (secondary N) is 1. The average Bonchev–Trinajstić information content (AvgIpc) is 2.31. The number of halogens is 1. The minimum absolute atomic E-state index is 0.123. The SMILES string of the molecule is Cc1cc(C(=O)NCCCCC(C)C)ccc1F. The van der Waals surface area contributed by atoms with Gasteiger partial charge in [-0.2, -0.15) is 0 Å². The van der Waals surface area contributed by atoms with Crippen LogP contribution in [0.5, 0.6) is 0 Å². The lowest BCUT2D eigenvalue weighted by atomic mass is 10.1. The highest BCUT2D eigenvalue weighted by Gasteiger charge is 2.06. The Labute approximate surface area is 109 Å². The number of hydrogen-bond acceptors (Lipinski definition) is 1. The van der Waals surface area contributed by atoms with Gasteiger partial charge in [-0.1, -0.05) is 26.7 Å². The Morgan fingerprint density at radius 3 is 2.67 bits per heavy atom. The van der Waals surface area contributed by atoms with Gasteiger partial charge in [-0.3, -0.25) is 4.79 Å². The monoisotopic (exact) mass is 251 g/mol. The fraction of sp³-hybridized carbons (Fsp3) is 0.533. The Kier molecular flexibility index (Phi) is 5.83. The van der Waals surface area contributed by atoms with Gasteiger partial charge >= 0.3 is 0 Å². The van der Waals surface area contributed by atoms with Crippen LogP contribution < -0.4 is 5.32 Å². The van der Waals surface area contributed by atoms with E-state index in [-0.39, 0.29) is 11.7 Å². The van der Waals surface area contributed by atoms with E-state index >= 15 is 0 Å². The molecule has 0 bridgehead atoms. The van der Waals surface area contributed by atoms with Crippen LogP contribution in [-0.2, 0) is 0 Å². The first-order valence-electron chi connectivity index (χ1n) is 6.55. The molecule has 0 unspecified atom stereocenters. The molecular weight excluding hydrogens is 229 g/mol. The maximum Gasteiger partial charge on any atom is 0.251 e. The molecule has 0 saturated carbocycles. The number of rotatable bonds is 6. The van der Waals surface area contributed by atoms with Crippen LogP contribution in [-0.4, -0.2) is 12.5 Å². The highest BCUT2D eigenvalue weighted by Crippen LogP contribution is 2.09. The summed E-state index contributed by atoms with van der Waals surface area (Å²) in [6.07, 6.45) is 3.30. The number of amides is 1. The van der Waals surface area contributed by atoms with E-state index in [0.29, 0.717) is 23.6 Å². The second-order valence-corrected chi connectivity index (χ2v) is 5.11. The summed E-state index contributed by atoms with van der Waals surface area (Å²) in [6, 6.07) is 4.44. The van der Waals surface area contributed by atoms with Gasteiger partial charge in [0, 0.05) is 12.1 Å². The Hall–Kier alpha value is -1.38. The number of aryl methyl sites for hydroxylation is 1. The van der Waals surface area contributed by atoms with Crippen LogP contribution in [0.25, 0.3) is 0 Å². The highest BCUT2D eigenvalue weighted by atomic mass is 19.1. The molecular formula is C15H22FNO. The van der Waals surface area contributed by atoms with Gasteiger partial charge in [-0.05, 0) is 43.0 Å². The number of carbonyl (C=O) groups excluding carboxylic acids is 1. The summed E-state index contributed by atoms with van der Waals surface area (Å²) in [4.78, 5) is 11.8. The second kappa shape index (κ2) is 7.14. The zero-order valence-electron chi connectivity index (χ0n) is 11.4. The zero-order chi connectivity index (χ0) is 13.5. The molecule has 0 heterocycles. The second-order valence-electron chi connectivity index (χ2n) is 5.11. The minimum atomic E-state index is -0.275. The Morgan fingerprint density at radius 2 is 2.06 bits per heavy atom. The number of benzene rings is 1. The van der Waals surface area contributed by atoms with Crippen molar-refractivity contribution in [2.24, 2.45) is 5.92 Å². The molecule has 0 aromatic heterocycles. The molecule has 0 atom stereocenters. The third-order valence-electron chi connectivity index (χ3n) is 2.91. The van der Waals surface area contributed by atoms with Gasteiger partial charge < -0.3 is 5.32 Å². The van der Waals surface area contributed by atoms with Crippen LogP contribution >= 0.6 is 0 Å². The molecule has 3 heteroatoms. The van der Waals surface area contributed by atoms with Crippen molar-refractivity contribution in [3.8, 4) is 0 Å². The van der Waals surface area contributed by atoms with Gasteiger partial charge in [0.25, 0.3) is 5.91 Å². The molecule has 0 spiro atoms. The molecule has 1 aromatic rings. The first kappa shape index (κ1) is 14.7. The van der Waals surface area contributed by atoms with Crippen molar-refractivity contribution >= 4 is 5.91 Å². The fourth-order valence-electron chi connectivity index (χ4n) is 1.77. The molecule has 18 heavy (non-hydrogen) atoms. The predicted molar refractivity (Wildman–Crippen MR) is 72.2 cm³/mol. The standard InChI is InChI=1S/C15H22FNO/c1-11(2)6-4-5-9-17-15(18)13-7-8-14(16)12(3)10-13/h7-8,10-11H,4-6,9H2,1-3H3,(H,17,18). The topological polar surface area (TPSA) is 29.1 Å². The largest absolute Gasteiger partial charge is 0.352 e. The summed E-state index contributed by atoms with van der Waals surface area (Å²) >= 11 is 0. The molecule has 1 aromatic carbocycles. The summed E-state index contributed by atoms with van der Waals surface area (Å²) < 4.78 is 13.1. The predicted octanol–water partition coefficient (Wildman–Crippen LogP) is 3.69. The van der Waals surface area contributed by atoms with Gasteiger partial charge in [-0.15, -0.1) is 0 Å². The van der Waals surface area contributed by atoms with E-state index in [1.54, 1.807) is 13.0 Å². The molecule has 1 rings (SSSR count). The van der Waals surface area contributed by atoms with Crippen molar-refractivity contribution in [3.63, 3.8) is 0 Å². The van der Waals surface area contributed by atoms with E-state index in [1.807, 2.05) is 0 Å². The normalized spacial score (nSPS) is 10.7. The maximum absolute atomic E-state index is 13.1. The summed E-state index contributed by atoms with van der Waals surface area (Å²) in [6.45, 7) is 6.73. The van der Waals surface area contributed by atoms with Crippen LogP contribution in [0.3, 0.4) is 0 Å². The first-order valence-corrected chi connectivity index (χ1v) is 6.55. The maximum atomic E-state index is 13.1. The van der Waals surface area contributed by atoms with Gasteiger partial charge in [0.15, 0.2) is 0 Å². The van der Waals surface area contributed by atoms with Crippen molar-refractivity contribution < 1.29 is 9.18 Å². The Bertz CT molecular complexity index is 401. The van der Waals surface area contributed by atoms with Gasteiger partial charge in [-0.25, -0.2) is 4.39 Å². The third-order valence-corrected chi connectivity index (χ3v) is 2.91. The molecule has 0 aliphatic heterocycles. The lowest BCUT2D eigenvalue weighted by Gasteiger charge is -2.07. The lowest BCUT2D eigenvalue weighted by molar-refractivity contribution is 0.0952. The summed E-state index contributed by atoms with van der Waals surface area (Å²) in [5.74, 6) is 0.312. The van der Waals surface area contributed by atoms with E-state index in [4.69, 9.17) is 0 Å². The zero-order valence-corrected chi connectivity index (χ0v) is 11.4. The lowest BCUT2D eigenvalue weighted by Crippen LogP contribution is -2.24. The summed E-state index contributed by atoms with van der Waals surface area (Å²) in [7, 11) is 0. The molecule has 1 N–H and O–H groups in total. The summed E-state index contributed by atoms with van der Waals surface area (Å²) in [5, 5.41) is 2.86. The van der Waals surface area contributed by atoms with Gasteiger partial charge in [0.05, 0.1) is 0 Å². The highest BCUT2D eigenvalue weighted by molar-refractivity contribution is 5.94. The van der Waals surface area contributed by atoms with E-state index in [0.717, 1.165) is 12.8 Å². The van der Waals surface area contributed by atoms with Crippen molar-refractivity contribution in [1.29, 1.82) is 0 Å². The number of carbonyl (C=O) groups is 1. The molecule has 0 aliphatic rings. The van der Waals surface area contributed by atoms with Gasteiger partial charge in [0.2, 0.25) is 0 Å². The van der Waals surface area contributed by atoms with Crippen molar-refractivity contribution in [3.05, 3.63) is 35.1 Å². The smallest absolute Gasteiger partial charge is 0.251 e. The molecule has 2 nitrogen and oxygen atoms in total. The quantitative estimate of drug-likeness (QED) is 0.768. The molecule has 0 saturated heterocycles. The van der Waals surface area contributed by atoms with Crippen molar-refractivity contribution in [2.75, 3.05) is 6.54 Å². The van der Waals surface area contributed by atoms with E-state index in [2.05, 4.69) is 19.2 Å². The first-order chi connectivity index (χ1) is 8.50. The molecule has 0 radical (unpaired) electrons. The van der Waals surface area contributed by atoms with Crippen LogP contribution in [0.1, 0.15) is 49.0 Å². The number of hydrogen-bond donors (Lipinski definition) is 1. The van der Waals surface area contributed by atoms with E-state index in [9.17, 15) is 9.18 Å². The van der Waals surface area contributed by atoms with E-state index < -0.39 is 0 Å². The molecule has 0 aliphatic carbocycles. The number of unbranched alkanes of at least 4 members (excludes halogenated alkanes) is 1. The summed E-state index contributed by atoms with van der Waals surface area (Å²) in [5.41, 5.74) is 1.03. The van der Waals surface area contributed by atoms with Gasteiger partial charge in [0.1, 0.15) is 5.82 Å². The van der Waals surface area contributed by atoms with Crippen LogP contribution in [0.15, 0.2) is 18.2 Å². The Morgan fingerprint density at radius 1 is 1.33 bits per heavy atom. The van der Waals surface area contributed by atoms with Crippen LogP contribution in [0.2, 0.25) is 0 Å². The molecule has 1 amide bonds. The fourth-order valence-corrected chi connectivity index (χ4v) is 1.77. The van der Waals surface area contributed by atoms with Crippen molar-refractivity contribution in [1.82, 2.24) is 5.32 Å². The van der Waals surface area contributed by atoms with Crippen LogP contribution in [0.4, 0.5) is 4.39 Å².